The van der Waals surface area contributed by atoms with Gasteiger partial charge in [0.2, 0.25) is 0 Å². The van der Waals surface area contributed by atoms with E-state index in [2.05, 4.69) is 4.99 Å². The number of hydrogen-bond donors (Lipinski definition) is 0. The van der Waals surface area contributed by atoms with Crippen LogP contribution in [0.5, 0.6) is 17.2 Å². The van der Waals surface area contributed by atoms with Crippen LogP contribution in [-0.2, 0) is 16.1 Å². The van der Waals surface area contributed by atoms with Crippen LogP contribution in [0.1, 0.15) is 36.6 Å². The number of ether oxygens (including phenoxy) is 4. The summed E-state index contributed by atoms with van der Waals surface area (Å²) in [5, 5.41) is 0.264. The third-order valence-electron chi connectivity index (χ3n) is 6.87. The van der Waals surface area contributed by atoms with E-state index in [0.717, 1.165) is 0 Å². The van der Waals surface area contributed by atoms with Gasteiger partial charge in [-0.3, -0.25) is 9.36 Å². The maximum Gasteiger partial charge on any atom is 0.338 e. The molecule has 0 saturated heterocycles. The van der Waals surface area contributed by atoms with Gasteiger partial charge < -0.3 is 18.9 Å². The average Bonchev–Trinajstić information content (AvgIpc) is 3.30. The summed E-state index contributed by atoms with van der Waals surface area (Å²) in [6.07, 6.45) is 1.72. The fourth-order valence-electron chi connectivity index (χ4n) is 4.76. The third-order valence-corrected chi connectivity index (χ3v) is 8.20. The summed E-state index contributed by atoms with van der Waals surface area (Å²) in [6.45, 7) is 3.56. The molecule has 0 radical (unpaired) electrons. The van der Waals surface area contributed by atoms with Crippen molar-refractivity contribution in [3.05, 3.63) is 119 Å². The van der Waals surface area contributed by atoms with Gasteiger partial charge in [0.15, 0.2) is 16.3 Å². The van der Waals surface area contributed by atoms with Crippen molar-refractivity contribution in [3.8, 4) is 17.2 Å². The molecule has 1 aliphatic rings. The highest BCUT2D eigenvalue weighted by Crippen LogP contribution is 2.32. The number of methoxy groups -OCH3 is 2. The molecule has 0 N–H and O–H groups in total. The molecule has 5 rings (SSSR count). The number of thiazole rings is 1. The minimum Gasteiger partial charge on any atom is -0.497 e. The molecule has 0 unspecified atom stereocenters. The maximum atomic E-state index is 14.2. The Morgan fingerprint density at radius 3 is 2.53 bits per heavy atom. The van der Waals surface area contributed by atoms with Crippen LogP contribution in [0.15, 0.2) is 81.7 Å². The molecule has 8 nitrogen and oxygen atoms in total. The van der Waals surface area contributed by atoms with Crippen molar-refractivity contribution in [1.82, 2.24) is 4.57 Å². The average molecular weight is 623 g/mol. The van der Waals surface area contributed by atoms with E-state index < -0.39 is 17.8 Å². The third kappa shape index (κ3) is 6.07. The summed E-state index contributed by atoms with van der Waals surface area (Å²) in [4.78, 5) is 32.0. The predicted octanol–water partition coefficient (Wildman–Crippen LogP) is 5.19. The van der Waals surface area contributed by atoms with Crippen LogP contribution in [0.25, 0.3) is 6.08 Å². The molecule has 0 spiro atoms. The molecule has 1 atom stereocenters. The van der Waals surface area contributed by atoms with E-state index in [9.17, 15) is 14.0 Å². The van der Waals surface area contributed by atoms with Gasteiger partial charge in [0.05, 0.1) is 47.7 Å². The number of hydrogen-bond acceptors (Lipinski definition) is 8. The quantitative estimate of drug-likeness (QED) is 0.239. The molecule has 2 heterocycles. The van der Waals surface area contributed by atoms with Crippen molar-refractivity contribution < 1.29 is 28.1 Å². The number of nitrogens with zero attached hydrogens (tertiary/aromatic N) is 2. The highest BCUT2D eigenvalue weighted by Gasteiger charge is 2.33. The molecule has 1 aromatic heterocycles. The van der Waals surface area contributed by atoms with Gasteiger partial charge >= 0.3 is 5.97 Å². The molecular weight excluding hydrogens is 595 g/mol. The van der Waals surface area contributed by atoms with E-state index >= 15 is 0 Å². The van der Waals surface area contributed by atoms with Crippen LogP contribution in [0.3, 0.4) is 0 Å². The SMILES string of the molecule is CCOC(=O)C1=C(C)N=c2s/c(=C\c3ccc(OCc4c(F)cccc4Cl)c(OC)c3)c(=O)n2[C@@H]1c1ccc(OC)cc1. The number of rotatable bonds is 9. The molecule has 3 aromatic carbocycles. The van der Waals surface area contributed by atoms with Gasteiger partial charge in [0, 0.05) is 5.56 Å². The second kappa shape index (κ2) is 12.8. The smallest absolute Gasteiger partial charge is 0.338 e. The first-order chi connectivity index (χ1) is 20.7. The Morgan fingerprint density at radius 1 is 1.09 bits per heavy atom. The van der Waals surface area contributed by atoms with Crippen molar-refractivity contribution in [2.75, 3.05) is 20.8 Å². The lowest BCUT2D eigenvalue weighted by Gasteiger charge is -2.24. The van der Waals surface area contributed by atoms with Crippen LogP contribution in [0.2, 0.25) is 5.02 Å². The summed E-state index contributed by atoms with van der Waals surface area (Å²) in [6, 6.07) is 16.0. The molecule has 0 saturated carbocycles. The van der Waals surface area contributed by atoms with E-state index in [1.165, 1.54) is 35.1 Å². The van der Waals surface area contributed by atoms with Gasteiger partial charge in [-0.15, -0.1) is 0 Å². The Balaban J connectivity index is 1.54. The Labute approximate surface area is 255 Å². The molecule has 4 aromatic rings. The van der Waals surface area contributed by atoms with Gasteiger partial charge in [0.25, 0.3) is 5.56 Å². The van der Waals surface area contributed by atoms with Crippen molar-refractivity contribution in [2.24, 2.45) is 4.99 Å². The first kappa shape index (κ1) is 30.1. The van der Waals surface area contributed by atoms with Gasteiger partial charge in [-0.2, -0.15) is 0 Å². The predicted molar refractivity (Wildman–Crippen MR) is 162 cm³/mol. The molecule has 0 bridgehead atoms. The largest absolute Gasteiger partial charge is 0.497 e. The summed E-state index contributed by atoms with van der Waals surface area (Å²) in [7, 11) is 3.06. The first-order valence-electron chi connectivity index (χ1n) is 13.3. The van der Waals surface area contributed by atoms with E-state index in [-0.39, 0.29) is 29.4 Å². The van der Waals surface area contributed by atoms with Crippen molar-refractivity contribution >= 4 is 35.0 Å². The Kier molecular flexibility index (Phi) is 8.98. The first-order valence-corrected chi connectivity index (χ1v) is 14.5. The fraction of sp³-hybridized carbons (Fsp3) is 0.219. The van der Waals surface area contributed by atoms with Gasteiger partial charge in [0.1, 0.15) is 18.2 Å². The molecule has 43 heavy (non-hydrogen) atoms. The lowest BCUT2D eigenvalue weighted by Crippen LogP contribution is -2.39. The number of fused-ring (bicyclic) bond motifs is 1. The van der Waals surface area contributed by atoms with Gasteiger partial charge in [-0.1, -0.05) is 47.2 Å². The van der Waals surface area contributed by atoms with Crippen LogP contribution < -0.4 is 29.1 Å². The second-order valence-corrected chi connectivity index (χ2v) is 10.9. The van der Waals surface area contributed by atoms with Crippen molar-refractivity contribution in [1.29, 1.82) is 0 Å². The number of benzene rings is 3. The highest BCUT2D eigenvalue weighted by atomic mass is 35.5. The van der Waals surface area contributed by atoms with E-state index in [1.54, 1.807) is 63.4 Å². The normalized spacial score (nSPS) is 14.7. The van der Waals surface area contributed by atoms with Crippen LogP contribution >= 0.6 is 22.9 Å². The zero-order valence-electron chi connectivity index (χ0n) is 23.9. The molecule has 11 heteroatoms. The monoisotopic (exact) mass is 622 g/mol. The zero-order valence-corrected chi connectivity index (χ0v) is 25.4. The fourth-order valence-corrected chi connectivity index (χ4v) is 6.02. The van der Waals surface area contributed by atoms with E-state index in [4.69, 9.17) is 30.5 Å². The summed E-state index contributed by atoms with van der Waals surface area (Å²) in [5.74, 6) is 0.427. The second-order valence-electron chi connectivity index (χ2n) is 9.47. The molecule has 222 valence electrons. The molecular formula is C32H28ClFN2O6S. The number of carbonyl (C=O) groups excluding carboxylic acids is 1. The lowest BCUT2D eigenvalue weighted by molar-refractivity contribution is -0.139. The lowest BCUT2D eigenvalue weighted by atomic mass is 9.96. The number of aromatic nitrogens is 1. The minimum atomic E-state index is -0.737. The molecule has 0 fully saturated rings. The maximum absolute atomic E-state index is 14.2. The minimum absolute atomic E-state index is 0.0900. The molecule has 0 amide bonds. The summed E-state index contributed by atoms with van der Waals surface area (Å²) < 4.78 is 38.1. The number of halogens is 2. The molecule has 0 aliphatic carbocycles. The standard InChI is InChI=1S/C32H28ClFN2O6S/c1-5-41-31(38)28-18(2)35-32-36(29(28)20-10-12-21(39-3)13-11-20)30(37)27(43-32)16-19-9-14-25(26(15-19)40-4)42-17-22-23(33)7-6-8-24(22)34/h6-16,29H,5,17H2,1-4H3/b27-16-/t29-/m1/s1. The van der Waals surface area contributed by atoms with E-state index in [1.807, 2.05) is 12.1 Å². The molecule has 1 aliphatic heterocycles. The topological polar surface area (TPSA) is 88.4 Å². The summed E-state index contributed by atoms with van der Waals surface area (Å²) in [5.41, 5.74) is 2.08. The van der Waals surface area contributed by atoms with Gasteiger partial charge in [-0.25, -0.2) is 14.2 Å². The number of esters is 1. The van der Waals surface area contributed by atoms with Gasteiger partial charge in [-0.05, 0) is 67.4 Å². The number of allylic oxidation sites excluding steroid dienone is 1. The Hall–Kier alpha value is -4.41. The summed E-state index contributed by atoms with van der Waals surface area (Å²) >= 11 is 7.34. The highest BCUT2D eigenvalue weighted by molar-refractivity contribution is 7.07. The van der Waals surface area contributed by atoms with Crippen LogP contribution in [-0.4, -0.2) is 31.4 Å². The Morgan fingerprint density at radius 2 is 1.86 bits per heavy atom. The van der Waals surface area contributed by atoms with Crippen molar-refractivity contribution in [3.63, 3.8) is 0 Å². The van der Waals surface area contributed by atoms with E-state index in [0.29, 0.717) is 49.0 Å². The number of carbonyl (C=O) groups is 1. The van der Waals surface area contributed by atoms with Crippen LogP contribution in [0.4, 0.5) is 4.39 Å². The zero-order chi connectivity index (χ0) is 30.7. The Bertz CT molecular complexity index is 1880. The van der Waals surface area contributed by atoms with Crippen LogP contribution in [0, 0.1) is 5.82 Å². The van der Waals surface area contributed by atoms with Crippen molar-refractivity contribution in [2.45, 2.75) is 26.5 Å².